The second kappa shape index (κ2) is 9.65. The molecule has 7 rings (SSSR count). The van der Waals surface area contributed by atoms with E-state index in [2.05, 4.69) is 123 Å². The molecule has 4 aromatic rings. The number of benzene rings is 3. The number of allylic oxidation sites excluding steroid dienone is 4. The number of nitrogens with zero attached hydrogens (tertiary/aromatic N) is 1. The fourth-order valence-corrected chi connectivity index (χ4v) is 9.32. The average Bonchev–Trinajstić information content (AvgIpc) is 3.25. The van der Waals surface area contributed by atoms with Gasteiger partial charge in [0.25, 0.3) is 0 Å². The van der Waals surface area contributed by atoms with Gasteiger partial charge >= 0.3 is 0 Å². The largest absolute Gasteiger partial charge is 0.264 e. The normalized spacial score (nSPS) is 20.1. The first kappa shape index (κ1) is 28.6. The molecule has 1 heterocycles. The molecular weight excluding hydrogens is 518 g/mol. The molecule has 3 aromatic carbocycles. The van der Waals surface area contributed by atoms with Gasteiger partial charge in [-0.25, -0.2) is 0 Å². The first-order chi connectivity index (χ1) is 20.5. The smallest absolute Gasteiger partial charge is 0.0443 e. The Morgan fingerprint density at radius 1 is 0.791 bits per heavy atom. The Hall–Kier alpha value is -3.19. The molecule has 3 aliphatic rings. The van der Waals surface area contributed by atoms with Crippen LogP contribution in [0.1, 0.15) is 122 Å². The summed E-state index contributed by atoms with van der Waals surface area (Å²) in [7, 11) is 0. The molecule has 1 atom stereocenters. The molecule has 43 heavy (non-hydrogen) atoms. The number of fused-ring (bicyclic) bond motifs is 4. The van der Waals surface area contributed by atoms with Gasteiger partial charge < -0.3 is 0 Å². The van der Waals surface area contributed by atoms with Crippen LogP contribution >= 0.6 is 0 Å². The molecule has 0 N–H and O–H groups in total. The van der Waals surface area contributed by atoms with Crippen molar-refractivity contribution in [1.29, 1.82) is 0 Å². The molecule has 1 spiro atoms. The summed E-state index contributed by atoms with van der Waals surface area (Å²) in [5.41, 5.74) is 13.4. The van der Waals surface area contributed by atoms with Gasteiger partial charge in [-0.15, -0.1) is 0 Å². The Morgan fingerprint density at radius 3 is 2.19 bits per heavy atom. The molecule has 0 aliphatic heterocycles. The molecule has 3 aliphatic carbocycles. The summed E-state index contributed by atoms with van der Waals surface area (Å²) in [5.74, 6) is 1.19. The second-order valence-corrected chi connectivity index (χ2v) is 15.3. The van der Waals surface area contributed by atoms with E-state index < -0.39 is 0 Å². The molecule has 1 nitrogen and oxygen atoms in total. The Kier molecular flexibility index (Phi) is 6.41. The molecule has 1 heteroatoms. The molecule has 0 fully saturated rings. The Bertz CT molecular complexity index is 1850. The van der Waals surface area contributed by atoms with Crippen LogP contribution in [0, 0.1) is 11.8 Å². The van der Waals surface area contributed by atoms with Crippen molar-refractivity contribution in [3.63, 3.8) is 0 Å². The highest BCUT2D eigenvalue weighted by Crippen LogP contribution is 2.64. The lowest BCUT2D eigenvalue weighted by molar-refractivity contribution is 0.491. The molecule has 222 valence electrons. The van der Waals surface area contributed by atoms with Crippen molar-refractivity contribution >= 4 is 21.5 Å². The molecule has 0 saturated heterocycles. The van der Waals surface area contributed by atoms with Crippen molar-refractivity contribution in [2.24, 2.45) is 11.8 Å². The lowest BCUT2D eigenvalue weighted by Crippen LogP contribution is -2.30. The van der Waals surface area contributed by atoms with Crippen LogP contribution in [-0.2, 0) is 16.2 Å². The maximum atomic E-state index is 4.79. The van der Waals surface area contributed by atoms with Crippen LogP contribution in [-0.4, -0.2) is 4.98 Å². The standard InChI is InChI=1S/C42H49N/c1-10-25(11-2)28-19-29(26(12-3)13-4)22-42(21-28)33-18-17-27-23-43-24-35-36(27)37(33)38-34(41(35,8)9)20-31-30(39(38)42)15-14-16-32(31)40(5,6)7/h14-21,23-26H,10-13,22H2,1-9H3. The van der Waals surface area contributed by atoms with Gasteiger partial charge in [0.2, 0.25) is 0 Å². The zero-order chi connectivity index (χ0) is 30.5. The number of pyridine rings is 1. The molecular formula is C42H49N. The number of rotatable bonds is 6. The third-order valence-corrected chi connectivity index (χ3v) is 11.7. The van der Waals surface area contributed by atoms with Crippen LogP contribution in [0.5, 0.6) is 0 Å². The van der Waals surface area contributed by atoms with E-state index >= 15 is 0 Å². The first-order valence-corrected chi connectivity index (χ1v) is 17.0. The van der Waals surface area contributed by atoms with E-state index in [1.165, 1.54) is 80.6 Å². The van der Waals surface area contributed by atoms with Gasteiger partial charge in [-0.1, -0.05) is 110 Å². The fraction of sp³-hybridized carbons (Fsp3) is 0.452. The summed E-state index contributed by atoms with van der Waals surface area (Å²) < 4.78 is 0. The van der Waals surface area contributed by atoms with E-state index in [9.17, 15) is 0 Å². The minimum Gasteiger partial charge on any atom is -0.264 e. The van der Waals surface area contributed by atoms with Crippen LogP contribution in [0.15, 0.2) is 72.1 Å². The van der Waals surface area contributed by atoms with Crippen LogP contribution in [0.25, 0.3) is 32.7 Å². The van der Waals surface area contributed by atoms with E-state index in [-0.39, 0.29) is 16.2 Å². The van der Waals surface area contributed by atoms with Crippen molar-refractivity contribution in [3.05, 3.63) is 99.9 Å². The molecule has 1 unspecified atom stereocenters. The van der Waals surface area contributed by atoms with E-state index in [0.717, 1.165) is 6.42 Å². The predicted molar refractivity (Wildman–Crippen MR) is 185 cm³/mol. The molecule has 0 bridgehead atoms. The Labute approximate surface area is 259 Å². The zero-order valence-corrected chi connectivity index (χ0v) is 27.9. The lowest BCUT2D eigenvalue weighted by Gasteiger charge is -2.39. The summed E-state index contributed by atoms with van der Waals surface area (Å²) in [6.45, 7) is 21.5. The molecule has 0 radical (unpaired) electrons. The first-order valence-electron chi connectivity index (χ1n) is 17.0. The van der Waals surface area contributed by atoms with E-state index in [1.807, 2.05) is 0 Å². The maximum absolute atomic E-state index is 4.79. The molecule has 0 saturated carbocycles. The summed E-state index contributed by atoms with van der Waals surface area (Å²) in [6, 6.07) is 14.6. The highest BCUT2D eigenvalue weighted by Gasteiger charge is 2.51. The van der Waals surface area contributed by atoms with Crippen molar-refractivity contribution in [3.8, 4) is 11.1 Å². The van der Waals surface area contributed by atoms with E-state index in [0.29, 0.717) is 11.8 Å². The van der Waals surface area contributed by atoms with Crippen LogP contribution in [0.2, 0.25) is 0 Å². The summed E-state index contributed by atoms with van der Waals surface area (Å²) in [5, 5.41) is 5.60. The van der Waals surface area contributed by atoms with Gasteiger partial charge in [-0.2, -0.15) is 0 Å². The monoisotopic (exact) mass is 567 g/mol. The third-order valence-electron chi connectivity index (χ3n) is 11.7. The van der Waals surface area contributed by atoms with Crippen LogP contribution in [0.4, 0.5) is 0 Å². The summed E-state index contributed by atoms with van der Waals surface area (Å²) in [4.78, 5) is 4.79. The van der Waals surface area contributed by atoms with Crippen LogP contribution < -0.4 is 0 Å². The van der Waals surface area contributed by atoms with Crippen molar-refractivity contribution in [2.45, 2.75) is 111 Å². The SMILES string of the molecule is CCC(CC)C1=CC2(CC(C(CC)CC)=C1)c1ccc3cncc4c3c1-c1c(cc3c(C(C)(C)C)cccc3c12)C4(C)C. The molecule has 0 amide bonds. The van der Waals surface area contributed by atoms with Gasteiger partial charge in [0, 0.05) is 28.6 Å². The summed E-state index contributed by atoms with van der Waals surface area (Å²) in [6.07, 6.45) is 15.5. The van der Waals surface area contributed by atoms with Crippen molar-refractivity contribution in [2.75, 3.05) is 0 Å². The third kappa shape index (κ3) is 3.79. The highest BCUT2D eigenvalue weighted by atomic mass is 14.6. The van der Waals surface area contributed by atoms with E-state index in [4.69, 9.17) is 4.98 Å². The van der Waals surface area contributed by atoms with Gasteiger partial charge in [0.05, 0.1) is 0 Å². The second-order valence-electron chi connectivity index (χ2n) is 15.3. The number of hydrogen-bond donors (Lipinski definition) is 0. The minimum atomic E-state index is -0.171. The number of aromatic nitrogens is 1. The Morgan fingerprint density at radius 2 is 1.51 bits per heavy atom. The highest BCUT2D eigenvalue weighted by molar-refractivity contribution is 6.12. The van der Waals surface area contributed by atoms with Crippen LogP contribution in [0.3, 0.4) is 0 Å². The Balaban J connectivity index is 1.71. The van der Waals surface area contributed by atoms with Crippen molar-refractivity contribution in [1.82, 2.24) is 4.98 Å². The van der Waals surface area contributed by atoms with E-state index in [1.54, 1.807) is 16.7 Å². The quantitative estimate of drug-likeness (QED) is 0.226. The summed E-state index contributed by atoms with van der Waals surface area (Å²) >= 11 is 0. The van der Waals surface area contributed by atoms with Gasteiger partial charge in [0.15, 0.2) is 0 Å². The minimum absolute atomic E-state index is 0.0499. The fourth-order valence-electron chi connectivity index (χ4n) is 9.32. The predicted octanol–water partition coefficient (Wildman–Crippen LogP) is 11.7. The van der Waals surface area contributed by atoms with Gasteiger partial charge in [-0.3, -0.25) is 4.98 Å². The maximum Gasteiger partial charge on any atom is 0.0443 e. The van der Waals surface area contributed by atoms with Gasteiger partial charge in [0.1, 0.15) is 0 Å². The average molecular weight is 568 g/mol. The van der Waals surface area contributed by atoms with Crippen molar-refractivity contribution < 1.29 is 0 Å². The number of hydrogen-bond acceptors (Lipinski definition) is 1. The lowest BCUT2D eigenvalue weighted by atomic mass is 9.64. The molecule has 1 aromatic heterocycles. The zero-order valence-electron chi connectivity index (χ0n) is 27.9. The topological polar surface area (TPSA) is 12.9 Å². The van der Waals surface area contributed by atoms with Gasteiger partial charge in [-0.05, 0) is 116 Å².